The van der Waals surface area contributed by atoms with Crippen LogP contribution in [0.3, 0.4) is 0 Å². The van der Waals surface area contributed by atoms with Gasteiger partial charge in [-0.15, -0.1) is 24.0 Å². The van der Waals surface area contributed by atoms with Crippen LogP contribution in [-0.4, -0.2) is 24.2 Å². The normalized spacial score (nSPS) is 12.3. The second-order valence-corrected chi connectivity index (χ2v) is 5.20. The van der Waals surface area contributed by atoms with Crippen LogP contribution < -0.4 is 11.1 Å². The number of aliphatic hydroxyl groups is 1. The number of rotatable bonds is 6. The van der Waals surface area contributed by atoms with E-state index >= 15 is 0 Å². The third-order valence-corrected chi connectivity index (χ3v) is 3.58. The Balaban J connectivity index is 0.00000264. The van der Waals surface area contributed by atoms with Crippen LogP contribution in [0.2, 0.25) is 0 Å². The molecule has 4 N–H and O–H groups in total. The van der Waals surface area contributed by atoms with E-state index in [2.05, 4.69) is 29.4 Å². The van der Waals surface area contributed by atoms with E-state index in [1.807, 2.05) is 42.5 Å². The van der Waals surface area contributed by atoms with Crippen molar-refractivity contribution in [1.29, 1.82) is 0 Å². The van der Waals surface area contributed by atoms with Gasteiger partial charge in [-0.25, -0.2) is 0 Å². The van der Waals surface area contributed by atoms with Crippen molar-refractivity contribution in [2.45, 2.75) is 19.3 Å². The van der Waals surface area contributed by atoms with Gasteiger partial charge in [0.25, 0.3) is 0 Å². The number of nitrogens with two attached hydrogens (primary N) is 1. The number of hydrogen-bond donors (Lipinski definition) is 3. The highest BCUT2D eigenvalue weighted by atomic mass is 127. The van der Waals surface area contributed by atoms with Crippen LogP contribution in [0.4, 0.5) is 5.69 Å². The first-order valence-electron chi connectivity index (χ1n) is 7.54. The molecular formula is C18H24IN3O. The summed E-state index contributed by atoms with van der Waals surface area (Å²) in [6.07, 6.45) is 0.979. The summed E-state index contributed by atoms with van der Waals surface area (Å²) >= 11 is 0. The standard InChI is InChI=1S/C18H23N3O.HI/c1-2-14-7-6-10-17(11-14)21-18(19)20-12-16(13-22)15-8-4-3-5-9-15;/h3-11,16,22H,2,12-13H2,1H3,(H3,19,20,21);1H. The molecule has 0 aliphatic rings. The Bertz CT molecular complexity index is 617. The number of benzene rings is 2. The SMILES string of the molecule is CCc1cccc(NC(N)=NCC(CO)c2ccccc2)c1.I. The molecule has 0 amide bonds. The van der Waals surface area contributed by atoms with Crippen LogP contribution in [0, 0.1) is 0 Å². The zero-order valence-corrected chi connectivity index (χ0v) is 15.6. The van der Waals surface area contributed by atoms with Crippen LogP contribution in [0.1, 0.15) is 24.0 Å². The first-order valence-corrected chi connectivity index (χ1v) is 7.54. The van der Waals surface area contributed by atoms with Crippen molar-refractivity contribution in [3.63, 3.8) is 0 Å². The number of aliphatic hydroxyl groups excluding tert-OH is 1. The quantitative estimate of drug-likeness (QED) is 0.378. The first kappa shape index (κ1) is 19.4. The molecule has 2 aromatic rings. The monoisotopic (exact) mass is 425 g/mol. The molecule has 23 heavy (non-hydrogen) atoms. The number of halogens is 1. The maximum absolute atomic E-state index is 9.52. The average Bonchev–Trinajstić information content (AvgIpc) is 2.56. The predicted octanol–water partition coefficient (Wildman–Crippen LogP) is 3.37. The van der Waals surface area contributed by atoms with Crippen molar-refractivity contribution < 1.29 is 5.11 Å². The van der Waals surface area contributed by atoms with Crippen LogP contribution in [0.5, 0.6) is 0 Å². The number of anilines is 1. The zero-order valence-electron chi connectivity index (χ0n) is 13.3. The van der Waals surface area contributed by atoms with Crippen LogP contribution in [0.25, 0.3) is 0 Å². The second kappa shape index (κ2) is 10.2. The number of aliphatic imine (C=N–C) groups is 1. The smallest absolute Gasteiger partial charge is 0.193 e. The van der Waals surface area contributed by atoms with Crippen molar-refractivity contribution in [3.05, 3.63) is 65.7 Å². The van der Waals surface area contributed by atoms with Crippen molar-refractivity contribution in [1.82, 2.24) is 0 Å². The topological polar surface area (TPSA) is 70.6 Å². The number of nitrogens with zero attached hydrogens (tertiary/aromatic N) is 1. The fourth-order valence-corrected chi connectivity index (χ4v) is 2.26. The van der Waals surface area contributed by atoms with Gasteiger partial charge in [-0.2, -0.15) is 0 Å². The summed E-state index contributed by atoms with van der Waals surface area (Å²) in [6, 6.07) is 17.9. The van der Waals surface area contributed by atoms with Gasteiger partial charge >= 0.3 is 0 Å². The van der Waals surface area contributed by atoms with E-state index in [-0.39, 0.29) is 36.5 Å². The Morgan fingerprint density at radius 3 is 2.57 bits per heavy atom. The van der Waals surface area contributed by atoms with Gasteiger partial charge in [0.1, 0.15) is 0 Å². The molecule has 0 heterocycles. The molecule has 0 bridgehead atoms. The Morgan fingerprint density at radius 1 is 1.17 bits per heavy atom. The number of hydrogen-bond acceptors (Lipinski definition) is 2. The Hall–Kier alpha value is -1.60. The summed E-state index contributed by atoms with van der Waals surface area (Å²) in [7, 11) is 0. The fourth-order valence-electron chi connectivity index (χ4n) is 2.26. The third kappa shape index (κ3) is 6.19. The molecule has 0 saturated heterocycles. The summed E-state index contributed by atoms with van der Waals surface area (Å²) in [6.45, 7) is 2.61. The molecule has 0 saturated carbocycles. The molecule has 1 unspecified atom stereocenters. The molecule has 2 rings (SSSR count). The molecular weight excluding hydrogens is 401 g/mol. The number of aryl methyl sites for hydroxylation is 1. The van der Waals surface area contributed by atoms with Gasteiger partial charge in [0.05, 0.1) is 13.2 Å². The van der Waals surface area contributed by atoms with E-state index in [9.17, 15) is 5.11 Å². The summed E-state index contributed by atoms with van der Waals surface area (Å²) in [5.41, 5.74) is 9.18. The highest BCUT2D eigenvalue weighted by molar-refractivity contribution is 14.0. The lowest BCUT2D eigenvalue weighted by molar-refractivity contribution is 0.268. The molecule has 4 nitrogen and oxygen atoms in total. The van der Waals surface area contributed by atoms with Crippen molar-refractivity contribution in [2.75, 3.05) is 18.5 Å². The number of guanidine groups is 1. The Labute approximate surface area is 154 Å². The Morgan fingerprint density at radius 2 is 1.91 bits per heavy atom. The van der Waals surface area contributed by atoms with Gasteiger partial charge < -0.3 is 16.2 Å². The van der Waals surface area contributed by atoms with Gasteiger partial charge in [-0.3, -0.25) is 4.99 Å². The zero-order chi connectivity index (χ0) is 15.8. The molecule has 0 aliphatic carbocycles. The highest BCUT2D eigenvalue weighted by Crippen LogP contribution is 2.15. The van der Waals surface area contributed by atoms with Gasteiger partial charge in [0.15, 0.2) is 5.96 Å². The lowest BCUT2D eigenvalue weighted by atomic mass is 10.0. The Kier molecular flexibility index (Phi) is 8.65. The molecule has 5 heteroatoms. The lowest BCUT2D eigenvalue weighted by Gasteiger charge is -2.13. The summed E-state index contributed by atoms with van der Waals surface area (Å²) in [5, 5.41) is 12.6. The van der Waals surface area contributed by atoms with E-state index in [0.29, 0.717) is 12.5 Å². The van der Waals surface area contributed by atoms with Crippen molar-refractivity contribution >= 4 is 35.6 Å². The fraction of sp³-hybridized carbons (Fsp3) is 0.278. The minimum absolute atomic E-state index is 0. The molecule has 1 atom stereocenters. The van der Waals surface area contributed by atoms with Gasteiger partial charge in [0, 0.05) is 11.6 Å². The largest absolute Gasteiger partial charge is 0.396 e. The minimum atomic E-state index is -0.0384. The lowest BCUT2D eigenvalue weighted by Crippen LogP contribution is -2.24. The summed E-state index contributed by atoms with van der Waals surface area (Å²) in [5.74, 6) is 0.325. The van der Waals surface area contributed by atoms with Crippen LogP contribution in [0.15, 0.2) is 59.6 Å². The van der Waals surface area contributed by atoms with Crippen molar-refractivity contribution in [3.8, 4) is 0 Å². The second-order valence-electron chi connectivity index (χ2n) is 5.20. The van der Waals surface area contributed by atoms with Crippen LogP contribution >= 0.6 is 24.0 Å². The highest BCUT2D eigenvalue weighted by Gasteiger charge is 2.09. The van der Waals surface area contributed by atoms with Crippen LogP contribution in [-0.2, 0) is 6.42 Å². The molecule has 0 spiro atoms. The molecule has 0 aromatic heterocycles. The molecule has 2 aromatic carbocycles. The van der Waals surface area contributed by atoms with E-state index in [4.69, 9.17) is 5.73 Å². The van der Waals surface area contributed by atoms with Gasteiger partial charge in [-0.05, 0) is 29.7 Å². The van der Waals surface area contributed by atoms with Gasteiger partial charge in [0.2, 0.25) is 0 Å². The third-order valence-electron chi connectivity index (χ3n) is 3.58. The predicted molar refractivity (Wildman–Crippen MR) is 108 cm³/mol. The number of nitrogens with one attached hydrogen (secondary N) is 1. The van der Waals surface area contributed by atoms with E-state index in [1.165, 1.54) is 5.56 Å². The molecule has 0 fully saturated rings. The first-order chi connectivity index (χ1) is 10.7. The molecule has 0 radical (unpaired) electrons. The van der Waals surface area contributed by atoms with E-state index in [0.717, 1.165) is 17.7 Å². The van der Waals surface area contributed by atoms with Gasteiger partial charge in [-0.1, -0.05) is 49.4 Å². The minimum Gasteiger partial charge on any atom is -0.396 e. The maximum Gasteiger partial charge on any atom is 0.193 e. The van der Waals surface area contributed by atoms with E-state index in [1.54, 1.807) is 0 Å². The summed E-state index contributed by atoms with van der Waals surface area (Å²) < 4.78 is 0. The molecule has 124 valence electrons. The summed E-state index contributed by atoms with van der Waals surface area (Å²) in [4.78, 5) is 4.35. The maximum atomic E-state index is 9.52. The van der Waals surface area contributed by atoms with E-state index < -0.39 is 0 Å². The van der Waals surface area contributed by atoms with Crippen molar-refractivity contribution in [2.24, 2.45) is 10.7 Å². The average molecular weight is 425 g/mol. The molecule has 0 aliphatic heterocycles.